The zero-order valence-corrected chi connectivity index (χ0v) is 25.4. The van der Waals surface area contributed by atoms with Crippen LogP contribution in [0.4, 0.5) is 0 Å². The van der Waals surface area contributed by atoms with Crippen LogP contribution in [0.3, 0.4) is 0 Å². The number of allylic oxidation sites excluding steroid dienone is 4. The lowest BCUT2D eigenvalue weighted by Crippen LogP contribution is -2.03. The number of hydrogen-bond donors (Lipinski definition) is 0. The number of aromatic nitrogens is 2. The monoisotopic (exact) mass is 598 g/mol. The topological polar surface area (TPSA) is 25.8 Å². The van der Waals surface area contributed by atoms with Crippen LogP contribution in [0.5, 0.6) is 0 Å². The summed E-state index contributed by atoms with van der Waals surface area (Å²) in [6.07, 6.45) is 9.61. The van der Waals surface area contributed by atoms with Crippen molar-refractivity contribution in [1.29, 1.82) is 0 Å². The molecular weight excluding hydrogens is 573 g/mol. The van der Waals surface area contributed by atoms with E-state index in [-0.39, 0.29) is 5.92 Å². The van der Waals surface area contributed by atoms with Crippen molar-refractivity contribution in [2.75, 3.05) is 0 Å². The summed E-state index contributed by atoms with van der Waals surface area (Å²) in [7, 11) is 0. The van der Waals surface area contributed by atoms with Gasteiger partial charge in [0.15, 0.2) is 0 Å². The summed E-state index contributed by atoms with van der Waals surface area (Å²) < 4.78 is 5.33. The van der Waals surface area contributed by atoms with Crippen LogP contribution in [-0.4, -0.2) is 9.97 Å². The number of benzene rings is 5. The van der Waals surface area contributed by atoms with Gasteiger partial charge in [-0.1, -0.05) is 109 Å². The summed E-state index contributed by atoms with van der Waals surface area (Å²) >= 11 is 3.75. The number of hydrogen-bond acceptors (Lipinski definition) is 4. The average Bonchev–Trinajstić information content (AvgIpc) is 3.67. The van der Waals surface area contributed by atoms with Crippen molar-refractivity contribution in [3.8, 4) is 22.4 Å². The van der Waals surface area contributed by atoms with E-state index in [4.69, 9.17) is 9.97 Å². The molecule has 8 aromatic rings. The number of thiophene rings is 2. The molecule has 3 aromatic heterocycles. The maximum absolute atomic E-state index is 4.77. The highest BCUT2D eigenvalue weighted by Crippen LogP contribution is 2.42. The molecule has 5 aromatic carbocycles. The van der Waals surface area contributed by atoms with Crippen molar-refractivity contribution < 1.29 is 0 Å². The summed E-state index contributed by atoms with van der Waals surface area (Å²) in [4.78, 5) is 9.51. The number of fused-ring (bicyclic) bond motifs is 6. The SMILES string of the molecule is C1=CC(c2cccc3c2sc2ccccc23)=CC(c2cc(-c3cccc(-c4cccc5c4sc4ccccc45)c3)ncn2)C1. The van der Waals surface area contributed by atoms with E-state index < -0.39 is 0 Å². The Hall–Kier alpha value is -4.90. The molecule has 1 unspecified atom stereocenters. The van der Waals surface area contributed by atoms with Gasteiger partial charge in [-0.05, 0) is 52.9 Å². The minimum absolute atomic E-state index is 0.192. The van der Waals surface area contributed by atoms with E-state index in [1.54, 1.807) is 6.33 Å². The normalized spacial score (nSPS) is 15.0. The van der Waals surface area contributed by atoms with Crippen molar-refractivity contribution in [1.82, 2.24) is 9.97 Å². The molecule has 1 aliphatic carbocycles. The van der Waals surface area contributed by atoms with Crippen molar-refractivity contribution in [2.24, 2.45) is 0 Å². The zero-order chi connectivity index (χ0) is 29.0. The molecule has 1 aliphatic rings. The van der Waals surface area contributed by atoms with Gasteiger partial charge in [-0.2, -0.15) is 0 Å². The highest BCUT2D eigenvalue weighted by Gasteiger charge is 2.18. The fourth-order valence-corrected chi connectivity index (χ4v) is 9.07. The number of rotatable bonds is 4. The smallest absolute Gasteiger partial charge is 0.116 e. The molecule has 44 heavy (non-hydrogen) atoms. The predicted molar refractivity (Wildman–Crippen MR) is 190 cm³/mol. The van der Waals surface area contributed by atoms with Crippen LogP contribution in [0, 0.1) is 0 Å². The first-order valence-corrected chi connectivity index (χ1v) is 16.6. The van der Waals surface area contributed by atoms with Crippen molar-refractivity contribution >= 4 is 68.6 Å². The molecule has 0 saturated carbocycles. The summed E-state index contributed by atoms with van der Waals surface area (Å²) in [5.74, 6) is 0.192. The molecule has 3 heterocycles. The van der Waals surface area contributed by atoms with Gasteiger partial charge in [0.05, 0.1) is 11.4 Å². The Morgan fingerprint density at radius 2 is 1.20 bits per heavy atom. The third kappa shape index (κ3) is 4.22. The van der Waals surface area contributed by atoms with E-state index in [9.17, 15) is 0 Å². The lowest BCUT2D eigenvalue weighted by molar-refractivity contribution is 0.812. The van der Waals surface area contributed by atoms with Crippen LogP contribution in [-0.2, 0) is 0 Å². The quantitative estimate of drug-likeness (QED) is 0.201. The Bertz CT molecular complexity index is 2440. The Labute approximate surface area is 263 Å². The molecule has 9 rings (SSSR count). The Morgan fingerprint density at radius 3 is 1.98 bits per heavy atom. The maximum atomic E-state index is 4.77. The van der Waals surface area contributed by atoms with Gasteiger partial charge in [-0.3, -0.25) is 0 Å². The Kier molecular flexibility index (Phi) is 6.03. The molecule has 0 saturated heterocycles. The Balaban J connectivity index is 1.08. The van der Waals surface area contributed by atoms with Gasteiger partial charge >= 0.3 is 0 Å². The first kappa shape index (κ1) is 25.6. The van der Waals surface area contributed by atoms with Crippen molar-refractivity contribution in [2.45, 2.75) is 12.3 Å². The fourth-order valence-electron chi connectivity index (χ4n) is 6.60. The van der Waals surface area contributed by atoms with E-state index in [1.807, 2.05) is 22.7 Å². The molecule has 4 heteroatoms. The molecule has 0 N–H and O–H groups in total. The highest BCUT2D eigenvalue weighted by atomic mass is 32.1. The third-order valence-corrected chi connectivity index (χ3v) is 11.2. The second-order valence-electron chi connectivity index (χ2n) is 11.3. The molecule has 0 spiro atoms. The van der Waals surface area contributed by atoms with Crippen LogP contribution in [0.15, 0.2) is 140 Å². The molecule has 0 amide bonds. The van der Waals surface area contributed by atoms with E-state index in [2.05, 4.69) is 133 Å². The second-order valence-corrected chi connectivity index (χ2v) is 13.4. The molecule has 0 radical (unpaired) electrons. The summed E-state index contributed by atoms with van der Waals surface area (Å²) in [5, 5.41) is 5.30. The van der Waals surface area contributed by atoms with Gasteiger partial charge in [0.1, 0.15) is 6.33 Å². The van der Waals surface area contributed by atoms with E-state index in [0.29, 0.717) is 0 Å². The van der Waals surface area contributed by atoms with Crippen LogP contribution >= 0.6 is 22.7 Å². The predicted octanol–water partition coefficient (Wildman–Crippen LogP) is 11.7. The maximum Gasteiger partial charge on any atom is 0.116 e. The minimum Gasteiger partial charge on any atom is -0.241 e. The highest BCUT2D eigenvalue weighted by molar-refractivity contribution is 7.26. The summed E-state index contributed by atoms with van der Waals surface area (Å²) in [6.45, 7) is 0. The summed E-state index contributed by atoms with van der Waals surface area (Å²) in [5.41, 5.74) is 8.14. The van der Waals surface area contributed by atoms with E-state index in [1.165, 1.54) is 62.6 Å². The van der Waals surface area contributed by atoms with Crippen LogP contribution < -0.4 is 0 Å². The zero-order valence-electron chi connectivity index (χ0n) is 23.8. The van der Waals surface area contributed by atoms with Gasteiger partial charge in [-0.15, -0.1) is 22.7 Å². The average molecular weight is 599 g/mol. The van der Waals surface area contributed by atoms with Gasteiger partial charge in [0.2, 0.25) is 0 Å². The van der Waals surface area contributed by atoms with Crippen molar-refractivity contribution in [3.63, 3.8) is 0 Å². The van der Waals surface area contributed by atoms with E-state index in [0.717, 1.165) is 23.4 Å². The molecule has 0 bridgehead atoms. The van der Waals surface area contributed by atoms with Gasteiger partial charge in [0.25, 0.3) is 0 Å². The van der Waals surface area contributed by atoms with Crippen LogP contribution in [0.25, 0.3) is 68.3 Å². The van der Waals surface area contributed by atoms with Gasteiger partial charge in [0, 0.05) is 51.8 Å². The largest absolute Gasteiger partial charge is 0.241 e. The lowest BCUT2D eigenvalue weighted by Gasteiger charge is -2.18. The first-order valence-electron chi connectivity index (χ1n) is 14.9. The van der Waals surface area contributed by atoms with Crippen LogP contribution in [0.2, 0.25) is 0 Å². The molecule has 1 atom stereocenters. The lowest BCUT2D eigenvalue weighted by atomic mass is 9.89. The number of nitrogens with zero attached hydrogens (tertiary/aromatic N) is 2. The summed E-state index contributed by atoms with van der Waals surface area (Å²) in [6, 6.07) is 41.7. The third-order valence-electron chi connectivity index (χ3n) is 8.73. The van der Waals surface area contributed by atoms with Crippen LogP contribution in [0.1, 0.15) is 23.6 Å². The Morgan fingerprint density at radius 1 is 0.568 bits per heavy atom. The molecule has 2 nitrogen and oxygen atoms in total. The second kappa shape index (κ2) is 10.4. The molecular formula is C40H26N2S2. The molecule has 208 valence electrons. The van der Waals surface area contributed by atoms with Gasteiger partial charge in [-0.25, -0.2) is 9.97 Å². The standard InChI is InChI=1S/C40H26N2S2/c1-3-19-37-31(13-1)33-17-7-15-29(39(33)43-37)25-9-5-11-27(21-25)35-23-36(42-24-41-35)28-12-6-10-26(22-28)30-16-8-18-34-32-14-2-4-20-38(32)44-40(30)34/h1-11,13-24,28H,12H2. The molecule has 0 aliphatic heterocycles. The van der Waals surface area contributed by atoms with E-state index >= 15 is 0 Å². The molecule has 0 fully saturated rings. The first-order chi connectivity index (χ1) is 21.8. The van der Waals surface area contributed by atoms with Gasteiger partial charge < -0.3 is 0 Å². The fraction of sp³-hybridized carbons (Fsp3) is 0.0500. The van der Waals surface area contributed by atoms with Crippen molar-refractivity contribution in [3.05, 3.63) is 151 Å². The minimum atomic E-state index is 0.192.